The number of likely N-dealkylation sites (tertiary alicyclic amines) is 1. The van der Waals surface area contributed by atoms with Gasteiger partial charge < -0.3 is 14.5 Å². The molecule has 6 nitrogen and oxygen atoms in total. The topological polar surface area (TPSA) is 53.1 Å². The molecule has 2 aliphatic rings. The summed E-state index contributed by atoms with van der Waals surface area (Å²) in [6, 6.07) is 7.54. The van der Waals surface area contributed by atoms with Crippen molar-refractivity contribution < 1.29 is 14.3 Å². The highest BCUT2D eigenvalue weighted by molar-refractivity contribution is 6.35. The van der Waals surface area contributed by atoms with E-state index in [1.54, 1.807) is 0 Å². The molecule has 0 aliphatic carbocycles. The van der Waals surface area contributed by atoms with Crippen LogP contribution in [0.3, 0.4) is 0 Å². The van der Waals surface area contributed by atoms with Gasteiger partial charge >= 0.3 is 0 Å². The van der Waals surface area contributed by atoms with Gasteiger partial charge in [-0.2, -0.15) is 0 Å². The number of hydrogen-bond acceptors (Lipinski definition) is 5. The van der Waals surface area contributed by atoms with Crippen LogP contribution in [0.15, 0.2) is 30.0 Å². The number of benzene rings is 1. The van der Waals surface area contributed by atoms with Gasteiger partial charge in [0.25, 0.3) is 11.8 Å². The van der Waals surface area contributed by atoms with Crippen molar-refractivity contribution in [3.63, 3.8) is 0 Å². The summed E-state index contributed by atoms with van der Waals surface area (Å²) in [5.74, 6) is 0.360. The van der Waals surface area contributed by atoms with Crippen LogP contribution >= 0.6 is 0 Å². The van der Waals surface area contributed by atoms with E-state index in [2.05, 4.69) is 11.9 Å². The quantitative estimate of drug-likeness (QED) is 0.705. The van der Waals surface area contributed by atoms with Gasteiger partial charge in [0.15, 0.2) is 0 Å². The van der Waals surface area contributed by atoms with Gasteiger partial charge in [0.1, 0.15) is 11.4 Å². The van der Waals surface area contributed by atoms with E-state index in [1.165, 1.54) is 4.90 Å². The first kappa shape index (κ1) is 20.4. The Bertz CT molecular complexity index is 762. The van der Waals surface area contributed by atoms with Crippen molar-refractivity contribution in [2.45, 2.75) is 45.7 Å². The molecule has 2 heterocycles. The van der Waals surface area contributed by atoms with E-state index in [1.807, 2.05) is 57.0 Å². The average Bonchev–Trinajstić information content (AvgIpc) is 2.93. The zero-order valence-corrected chi connectivity index (χ0v) is 17.6. The minimum atomic E-state index is -0.209. The van der Waals surface area contributed by atoms with Gasteiger partial charge in [-0.3, -0.25) is 14.5 Å². The maximum atomic E-state index is 13.2. The number of nitrogens with zero attached hydrogens (tertiary/aromatic N) is 3. The predicted octanol–water partition coefficient (Wildman–Crippen LogP) is 2.60. The molecule has 0 bridgehead atoms. The summed E-state index contributed by atoms with van der Waals surface area (Å²) in [6.07, 6.45) is 1.96. The molecule has 152 valence electrons. The van der Waals surface area contributed by atoms with Crippen LogP contribution in [0.4, 0.5) is 0 Å². The molecule has 0 atom stereocenters. The molecule has 1 saturated heterocycles. The molecule has 0 saturated carbocycles. The van der Waals surface area contributed by atoms with E-state index in [0.29, 0.717) is 17.9 Å². The van der Waals surface area contributed by atoms with Crippen molar-refractivity contribution in [3.05, 3.63) is 35.5 Å². The van der Waals surface area contributed by atoms with Crippen molar-refractivity contribution in [2.75, 3.05) is 33.8 Å². The summed E-state index contributed by atoms with van der Waals surface area (Å²) < 4.78 is 5.52. The van der Waals surface area contributed by atoms with Crippen LogP contribution in [-0.2, 0) is 9.59 Å². The lowest BCUT2D eigenvalue weighted by molar-refractivity contribution is -0.139. The molecule has 2 amide bonds. The van der Waals surface area contributed by atoms with Crippen molar-refractivity contribution in [3.8, 4) is 5.75 Å². The molecule has 1 fully saturated rings. The summed E-state index contributed by atoms with van der Waals surface area (Å²) in [5.41, 5.74) is 1.79. The Hall–Kier alpha value is -2.34. The molecule has 0 spiro atoms. The van der Waals surface area contributed by atoms with Gasteiger partial charge in [-0.15, -0.1) is 0 Å². The Morgan fingerprint density at radius 1 is 1.11 bits per heavy atom. The largest absolute Gasteiger partial charge is 0.494 e. The smallest absolute Gasteiger partial charge is 0.278 e. The third-order valence-corrected chi connectivity index (χ3v) is 5.65. The molecule has 0 N–H and O–H groups in total. The monoisotopic (exact) mass is 385 g/mol. The van der Waals surface area contributed by atoms with Gasteiger partial charge in [-0.05, 0) is 71.4 Å². The van der Waals surface area contributed by atoms with Gasteiger partial charge in [0.2, 0.25) is 0 Å². The van der Waals surface area contributed by atoms with Crippen LogP contribution in [0.2, 0.25) is 0 Å². The van der Waals surface area contributed by atoms with Gasteiger partial charge in [0.05, 0.1) is 12.2 Å². The summed E-state index contributed by atoms with van der Waals surface area (Å²) in [7, 11) is 4.07. The molecule has 1 aromatic rings. The molecule has 28 heavy (non-hydrogen) atoms. The fourth-order valence-corrected chi connectivity index (χ4v) is 4.04. The van der Waals surface area contributed by atoms with E-state index in [0.717, 1.165) is 37.2 Å². The molecule has 6 heteroatoms. The Labute approximate surface area is 167 Å². The lowest BCUT2D eigenvalue weighted by atomic mass is 10.00. The van der Waals surface area contributed by atoms with Crippen molar-refractivity contribution in [1.29, 1.82) is 0 Å². The first-order valence-electron chi connectivity index (χ1n) is 10.1. The molecule has 0 radical (unpaired) electrons. The number of carbonyl (C=O) groups excluding carboxylic acids is 2. The van der Waals surface area contributed by atoms with Crippen molar-refractivity contribution in [2.24, 2.45) is 0 Å². The maximum Gasteiger partial charge on any atom is 0.278 e. The first-order valence-corrected chi connectivity index (χ1v) is 10.1. The summed E-state index contributed by atoms with van der Waals surface area (Å²) >= 11 is 0. The maximum absolute atomic E-state index is 13.2. The van der Waals surface area contributed by atoms with E-state index in [9.17, 15) is 9.59 Å². The Balaban J connectivity index is 2.00. The molecule has 0 aromatic heterocycles. The van der Waals surface area contributed by atoms with E-state index < -0.39 is 0 Å². The lowest BCUT2D eigenvalue weighted by Crippen LogP contribution is -2.44. The second-order valence-corrected chi connectivity index (χ2v) is 7.90. The number of hydrogen-bond donors (Lipinski definition) is 0. The second kappa shape index (κ2) is 8.35. The van der Waals surface area contributed by atoms with E-state index in [4.69, 9.17) is 4.74 Å². The summed E-state index contributed by atoms with van der Waals surface area (Å²) in [4.78, 5) is 32.2. The normalized spacial score (nSPS) is 19.1. The Morgan fingerprint density at radius 3 is 2.25 bits per heavy atom. The second-order valence-electron chi connectivity index (χ2n) is 7.90. The molecule has 3 rings (SSSR count). The number of imide groups is 1. The van der Waals surface area contributed by atoms with Crippen LogP contribution in [0, 0.1) is 0 Å². The van der Waals surface area contributed by atoms with Gasteiger partial charge in [-0.25, -0.2) is 0 Å². The summed E-state index contributed by atoms with van der Waals surface area (Å²) in [6.45, 7) is 8.27. The van der Waals surface area contributed by atoms with Gasteiger partial charge in [0, 0.05) is 19.1 Å². The fraction of sp³-hybridized carbons (Fsp3) is 0.545. The van der Waals surface area contributed by atoms with Crippen molar-refractivity contribution >= 4 is 17.4 Å². The number of ether oxygens (including phenoxy) is 1. The summed E-state index contributed by atoms with van der Waals surface area (Å²) in [5, 5.41) is 0. The zero-order valence-electron chi connectivity index (χ0n) is 17.6. The molecular formula is C22H31N3O3. The minimum absolute atomic E-state index is 0.180. The first-order chi connectivity index (χ1) is 13.3. The number of likely N-dealkylation sites (N-methyl/N-ethyl adjacent to an activating group) is 1. The highest BCUT2D eigenvalue weighted by Crippen LogP contribution is 2.35. The Morgan fingerprint density at radius 2 is 1.71 bits per heavy atom. The van der Waals surface area contributed by atoms with Crippen molar-refractivity contribution in [1.82, 2.24) is 14.7 Å². The SMILES string of the molecule is CCOc1ccc(C2=C(N(C)C3CCN(C)CC3)C(=O)N(C(C)C)C2=O)cc1. The minimum Gasteiger partial charge on any atom is -0.494 e. The van der Waals surface area contributed by atoms with E-state index >= 15 is 0 Å². The zero-order chi connectivity index (χ0) is 20.4. The lowest BCUT2D eigenvalue weighted by Gasteiger charge is -2.36. The number of piperidine rings is 1. The third kappa shape index (κ3) is 3.78. The molecule has 1 aromatic carbocycles. The van der Waals surface area contributed by atoms with E-state index in [-0.39, 0.29) is 23.9 Å². The number of rotatable bonds is 6. The van der Waals surface area contributed by atoms with Crippen LogP contribution < -0.4 is 4.74 Å². The Kier molecular flexibility index (Phi) is 6.08. The standard InChI is InChI=1S/C22H31N3O3/c1-6-28-18-9-7-16(8-10-18)19-20(22(27)25(15(2)3)21(19)26)24(5)17-11-13-23(4)14-12-17/h7-10,15,17H,6,11-14H2,1-5H3. The highest BCUT2D eigenvalue weighted by atomic mass is 16.5. The fourth-order valence-electron chi connectivity index (χ4n) is 4.04. The number of carbonyl (C=O) groups is 2. The third-order valence-electron chi connectivity index (χ3n) is 5.65. The predicted molar refractivity (Wildman–Crippen MR) is 110 cm³/mol. The van der Waals surface area contributed by atoms with Crippen LogP contribution in [0.25, 0.3) is 5.57 Å². The molecule has 2 aliphatic heterocycles. The molecule has 0 unspecified atom stereocenters. The van der Waals surface area contributed by atoms with Crippen LogP contribution in [-0.4, -0.2) is 72.4 Å². The highest BCUT2D eigenvalue weighted by Gasteiger charge is 2.43. The van der Waals surface area contributed by atoms with Crippen LogP contribution in [0.5, 0.6) is 5.75 Å². The average molecular weight is 386 g/mol. The van der Waals surface area contributed by atoms with Gasteiger partial charge in [-0.1, -0.05) is 12.1 Å². The molecular weight excluding hydrogens is 354 g/mol. The van der Waals surface area contributed by atoms with Crippen LogP contribution in [0.1, 0.15) is 39.2 Å². The number of amides is 2.